The Labute approximate surface area is 190 Å². The largest absolute Gasteiger partial charge is 0.399 e. The molecule has 1 aromatic carbocycles. The molecule has 0 amide bonds. The maximum absolute atomic E-state index is 9.20. The SMILES string of the molecule is CN[C@@H]1CCCN(c2nc(Nc3cc(N)cc(C#N)c3)nc3c2CCCC3)C1.Cl.Cl. The molecule has 0 spiro atoms. The van der Waals surface area contributed by atoms with Crippen LogP contribution in [0.4, 0.5) is 23.1 Å². The van der Waals surface area contributed by atoms with E-state index in [-0.39, 0.29) is 24.8 Å². The molecule has 2 aliphatic rings. The van der Waals surface area contributed by atoms with Crippen LogP contribution in [0.15, 0.2) is 18.2 Å². The summed E-state index contributed by atoms with van der Waals surface area (Å²) in [6, 6.07) is 7.88. The molecule has 2 heterocycles. The van der Waals surface area contributed by atoms with Crippen molar-refractivity contribution < 1.29 is 0 Å². The second-order valence-electron chi connectivity index (χ2n) is 7.66. The number of benzene rings is 1. The third-order valence-electron chi connectivity index (χ3n) is 5.63. The summed E-state index contributed by atoms with van der Waals surface area (Å²) in [7, 11) is 2.03. The smallest absolute Gasteiger partial charge is 0.229 e. The molecular formula is C21H29Cl2N7. The molecule has 0 unspecified atom stereocenters. The molecule has 1 aliphatic heterocycles. The summed E-state index contributed by atoms with van der Waals surface area (Å²) in [6.07, 6.45) is 6.75. The number of halogens is 2. The van der Waals surface area contributed by atoms with Crippen molar-refractivity contribution in [2.75, 3.05) is 36.1 Å². The van der Waals surface area contributed by atoms with Gasteiger partial charge in [-0.3, -0.25) is 0 Å². The lowest BCUT2D eigenvalue weighted by Crippen LogP contribution is -2.45. The second-order valence-corrected chi connectivity index (χ2v) is 7.66. The summed E-state index contributed by atoms with van der Waals surface area (Å²) in [5.41, 5.74) is 10.2. The minimum absolute atomic E-state index is 0. The van der Waals surface area contributed by atoms with Crippen LogP contribution in [0.1, 0.15) is 42.5 Å². The molecule has 1 aliphatic carbocycles. The minimum atomic E-state index is 0. The van der Waals surface area contributed by atoms with Gasteiger partial charge in [0, 0.05) is 36.1 Å². The van der Waals surface area contributed by atoms with Crippen LogP contribution < -0.4 is 21.3 Å². The zero-order valence-corrected chi connectivity index (χ0v) is 18.8. The number of nitrogens with two attached hydrogens (primary N) is 1. The van der Waals surface area contributed by atoms with Crippen LogP contribution in [0.5, 0.6) is 0 Å². The van der Waals surface area contributed by atoms with E-state index in [0.717, 1.165) is 49.6 Å². The maximum atomic E-state index is 9.20. The molecular weight excluding hydrogens is 421 g/mol. The highest BCUT2D eigenvalue weighted by molar-refractivity contribution is 5.85. The number of anilines is 4. The van der Waals surface area contributed by atoms with E-state index in [0.29, 0.717) is 23.2 Å². The summed E-state index contributed by atoms with van der Waals surface area (Å²) >= 11 is 0. The van der Waals surface area contributed by atoms with Gasteiger partial charge in [-0.2, -0.15) is 10.2 Å². The molecule has 0 bridgehead atoms. The zero-order chi connectivity index (χ0) is 19.5. The van der Waals surface area contributed by atoms with Gasteiger partial charge >= 0.3 is 0 Å². The van der Waals surface area contributed by atoms with Gasteiger partial charge in [0.1, 0.15) is 5.82 Å². The van der Waals surface area contributed by atoms with Crippen LogP contribution in [-0.2, 0) is 12.8 Å². The van der Waals surface area contributed by atoms with Gasteiger partial charge in [0.15, 0.2) is 0 Å². The second kappa shape index (κ2) is 10.7. The molecule has 30 heavy (non-hydrogen) atoms. The van der Waals surface area contributed by atoms with Crippen LogP contribution in [0, 0.1) is 11.3 Å². The molecule has 0 radical (unpaired) electrons. The summed E-state index contributed by atoms with van der Waals surface area (Å²) in [6.45, 7) is 1.99. The number of nitrogens with one attached hydrogen (secondary N) is 2. The summed E-state index contributed by atoms with van der Waals surface area (Å²) in [5, 5.41) is 15.9. The molecule has 1 aromatic heterocycles. The fourth-order valence-corrected chi connectivity index (χ4v) is 4.21. The number of likely N-dealkylation sites (N-methyl/N-ethyl adjacent to an activating group) is 1. The van der Waals surface area contributed by atoms with Crippen LogP contribution in [-0.4, -0.2) is 36.1 Å². The van der Waals surface area contributed by atoms with Gasteiger partial charge in [0.2, 0.25) is 5.95 Å². The van der Waals surface area contributed by atoms with Crippen LogP contribution >= 0.6 is 24.8 Å². The topological polar surface area (TPSA) is 103 Å². The Balaban J connectivity index is 0.00000160. The first-order valence-corrected chi connectivity index (χ1v) is 10.1. The number of aryl methyl sites for hydroxylation is 1. The molecule has 2 aromatic rings. The molecule has 9 heteroatoms. The highest BCUT2D eigenvalue weighted by Gasteiger charge is 2.25. The first kappa shape index (κ1) is 24.0. The Bertz CT molecular complexity index is 913. The predicted molar refractivity (Wildman–Crippen MR) is 126 cm³/mol. The van der Waals surface area contributed by atoms with Gasteiger partial charge in [0.05, 0.1) is 17.3 Å². The third-order valence-corrected chi connectivity index (χ3v) is 5.63. The Kier molecular flexibility index (Phi) is 8.54. The van der Waals surface area contributed by atoms with Crippen molar-refractivity contribution >= 4 is 48.0 Å². The molecule has 1 atom stereocenters. The van der Waals surface area contributed by atoms with Crippen molar-refractivity contribution in [1.82, 2.24) is 15.3 Å². The normalized spacial score (nSPS) is 17.7. The zero-order valence-electron chi connectivity index (χ0n) is 17.1. The molecule has 0 saturated carbocycles. The molecule has 7 nitrogen and oxygen atoms in total. The highest BCUT2D eigenvalue weighted by atomic mass is 35.5. The quantitative estimate of drug-likeness (QED) is 0.612. The summed E-state index contributed by atoms with van der Waals surface area (Å²) < 4.78 is 0. The van der Waals surface area contributed by atoms with Gasteiger partial charge in [-0.1, -0.05) is 0 Å². The fourth-order valence-electron chi connectivity index (χ4n) is 4.21. The lowest BCUT2D eigenvalue weighted by molar-refractivity contribution is 0.446. The first-order chi connectivity index (χ1) is 13.7. The Morgan fingerprint density at radius 3 is 2.70 bits per heavy atom. The molecule has 4 rings (SSSR count). The van der Waals surface area contributed by atoms with E-state index in [1.807, 2.05) is 7.05 Å². The van der Waals surface area contributed by atoms with Crippen molar-refractivity contribution in [1.29, 1.82) is 5.26 Å². The van der Waals surface area contributed by atoms with Crippen molar-refractivity contribution in [3.8, 4) is 6.07 Å². The van der Waals surface area contributed by atoms with Crippen LogP contribution in [0.25, 0.3) is 0 Å². The van der Waals surface area contributed by atoms with Gasteiger partial charge in [-0.25, -0.2) is 4.98 Å². The number of hydrogen-bond acceptors (Lipinski definition) is 7. The number of nitrogen functional groups attached to an aromatic ring is 1. The number of nitriles is 1. The fraction of sp³-hybridized carbons (Fsp3) is 0.476. The van der Waals surface area contributed by atoms with E-state index in [4.69, 9.17) is 15.7 Å². The molecule has 4 N–H and O–H groups in total. The Morgan fingerprint density at radius 1 is 1.13 bits per heavy atom. The van der Waals surface area contributed by atoms with Gasteiger partial charge in [-0.15, -0.1) is 24.8 Å². The Morgan fingerprint density at radius 2 is 1.93 bits per heavy atom. The average molecular weight is 450 g/mol. The monoisotopic (exact) mass is 449 g/mol. The van der Waals surface area contributed by atoms with Gasteiger partial charge < -0.3 is 21.3 Å². The average Bonchev–Trinajstić information content (AvgIpc) is 2.72. The maximum Gasteiger partial charge on any atom is 0.229 e. The Hall–Kier alpha value is -2.27. The lowest BCUT2D eigenvalue weighted by atomic mass is 9.95. The summed E-state index contributed by atoms with van der Waals surface area (Å²) in [5.74, 6) is 1.65. The number of rotatable bonds is 4. The number of aromatic nitrogens is 2. The number of piperidine rings is 1. The standard InChI is InChI=1S/C21H27N7.2ClH/c1-24-16-5-4-8-28(13-16)20-18-6-2-3-7-19(18)26-21(27-20)25-17-10-14(12-22)9-15(23)11-17;;/h9-11,16,24H,2-8,13,23H2,1H3,(H,25,26,27);2*1H/t16-;;/m1../s1. The van der Waals surface area contributed by atoms with E-state index >= 15 is 0 Å². The van der Waals surface area contributed by atoms with Crippen molar-refractivity contribution in [3.05, 3.63) is 35.0 Å². The number of fused-ring (bicyclic) bond motifs is 1. The van der Waals surface area contributed by atoms with Crippen molar-refractivity contribution in [3.63, 3.8) is 0 Å². The molecule has 162 valence electrons. The summed E-state index contributed by atoms with van der Waals surface area (Å²) in [4.78, 5) is 12.1. The molecule has 1 saturated heterocycles. The van der Waals surface area contributed by atoms with Crippen molar-refractivity contribution in [2.45, 2.75) is 44.6 Å². The third kappa shape index (κ3) is 5.25. The predicted octanol–water partition coefficient (Wildman–Crippen LogP) is 3.58. The van der Waals surface area contributed by atoms with E-state index in [1.54, 1.807) is 18.2 Å². The van der Waals surface area contributed by atoms with E-state index in [9.17, 15) is 5.26 Å². The van der Waals surface area contributed by atoms with Crippen LogP contribution in [0.2, 0.25) is 0 Å². The minimum Gasteiger partial charge on any atom is -0.399 e. The molecule has 1 fully saturated rings. The van der Waals surface area contributed by atoms with E-state index in [1.165, 1.54) is 24.8 Å². The first-order valence-electron chi connectivity index (χ1n) is 10.1. The number of hydrogen-bond donors (Lipinski definition) is 3. The van der Waals surface area contributed by atoms with E-state index in [2.05, 4.69) is 21.6 Å². The van der Waals surface area contributed by atoms with Gasteiger partial charge in [-0.05, 0) is 63.8 Å². The lowest BCUT2D eigenvalue weighted by Gasteiger charge is -2.35. The van der Waals surface area contributed by atoms with Crippen LogP contribution in [0.3, 0.4) is 0 Å². The number of nitrogens with zero attached hydrogens (tertiary/aromatic N) is 4. The van der Waals surface area contributed by atoms with Gasteiger partial charge in [0.25, 0.3) is 0 Å². The highest BCUT2D eigenvalue weighted by Crippen LogP contribution is 2.31. The van der Waals surface area contributed by atoms with E-state index < -0.39 is 0 Å². The van der Waals surface area contributed by atoms with Crippen molar-refractivity contribution in [2.24, 2.45) is 0 Å².